The van der Waals surface area contributed by atoms with E-state index in [-0.39, 0.29) is 11.8 Å². The number of amides is 2. The molecule has 8 rings (SSSR count). The number of nitrogens with zero attached hydrogens (tertiary/aromatic N) is 1. The number of rotatable bonds is 5. The van der Waals surface area contributed by atoms with Gasteiger partial charge in [0.1, 0.15) is 0 Å². The van der Waals surface area contributed by atoms with E-state index < -0.39 is 0 Å². The molecule has 2 fully saturated rings. The molecule has 43 heavy (non-hydrogen) atoms. The van der Waals surface area contributed by atoms with Crippen LogP contribution < -0.4 is 5.32 Å². The average molecular weight is 805 g/mol. The Bertz CT molecular complexity index is 1690. The Hall–Kier alpha value is -1.78. The molecule has 0 spiro atoms. The lowest BCUT2D eigenvalue weighted by Crippen LogP contribution is -2.23. The van der Waals surface area contributed by atoms with Gasteiger partial charge < -0.3 is 10.2 Å². The van der Waals surface area contributed by atoms with Gasteiger partial charge in [0.15, 0.2) is 0 Å². The first kappa shape index (κ1) is 31.2. The molecule has 224 valence electrons. The summed E-state index contributed by atoms with van der Waals surface area (Å²) in [6, 6.07) is 17.0. The summed E-state index contributed by atoms with van der Waals surface area (Å²) < 4.78 is 2.24. The molecule has 4 aromatic rings. The fourth-order valence-corrected chi connectivity index (χ4v) is 9.47. The highest BCUT2D eigenvalue weighted by molar-refractivity contribution is 9.10. The van der Waals surface area contributed by atoms with E-state index >= 15 is 0 Å². The van der Waals surface area contributed by atoms with Gasteiger partial charge in [-0.25, -0.2) is 0 Å². The SMILES string of the molecule is Cc1cc(Br)ccc1CBr.Cc1cc(Br)ccc1CN1Cc2cc(C3CC3)sc2C1=O.O=C1NCc2cc(C3CC3)sc21. The Balaban J connectivity index is 0.000000127. The summed E-state index contributed by atoms with van der Waals surface area (Å²) >= 11 is 13.7. The lowest BCUT2D eigenvalue weighted by atomic mass is 10.1. The molecular formula is C34H33Br3N2O2S2. The molecule has 2 aliphatic carbocycles. The normalized spacial score (nSPS) is 16.6. The maximum Gasteiger partial charge on any atom is 0.264 e. The predicted octanol–water partition coefficient (Wildman–Crippen LogP) is 10.4. The largest absolute Gasteiger partial charge is 0.347 e. The number of alkyl halides is 1. The van der Waals surface area contributed by atoms with Gasteiger partial charge in [0.2, 0.25) is 0 Å². The van der Waals surface area contributed by atoms with Gasteiger partial charge in [0, 0.05) is 43.7 Å². The third-order valence-corrected chi connectivity index (χ3v) is 12.5. The lowest BCUT2D eigenvalue weighted by Gasteiger charge is -2.17. The molecule has 2 amide bonds. The minimum atomic E-state index is 0.127. The number of thiophene rings is 2. The molecule has 0 saturated heterocycles. The van der Waals surface area contributed by atoms with E-state index in [4.69, 9.17) is 0 Å². The monoisotopic (exact) mass is 802 g/mol. The van der Waals surface area contributed by atoms with Gasteiger partial charge in [-0.05, 0) is 121 Å². The van der Waals surface area contributed by atoms with Crippen molar-refractivity contribution in [2.45, 2.75) is 76.3 Å². The third-order valence-electron chi connectivity index (χ3n) is 8.22. The van der Waals surface area contributed by atoms with E-state index in [1.807, 2.05) is 11.0 Å². The highest BCUT2D eigenvalue weighted by Gasteiger charge is 2.34. The first-order chi connectivity index (χ1) is 20.7. The number of carbonyl (C=O) groups excluding carboxylic acids is 2. The smallest absolute Gasteiger partial charge is 0.264 e. The summed E-state index contributed by atoms with van der Waals surface area (Å²) in [6.07, 6.45) is 5.24. The van der Waals surface area contributed by atoms with Gasteiger partial charge >= 0.3 is 0 Å². The average Bonchev–Trinajstić information content (AvgIpc) is 3.87. The Labute approximate surface area is 286 Å². The van der Waals surface area contributed by atoms with Crippen molar-refractivity contribution in [3.8, 4) is 0 Å². The van der Waals surface area contributed by atoms with Crippen LogP contribution in [0.25, 0.3) is 0 Å². The zero-order valence-electron chi connectivity index (χ0n) is 24.1. The van der Waals surface area contributed by atoms with Crippen LogP contribution in [0.15, 0.2) is 57.5 Å². The van der Waals surface area contributed by atoms with E-state index in [1.54, 1.807) is 22.7 Å². The molecule has 4 heterocycles. The molecule has 4 aliphatic rings. The molecule has 0 unspecified atom stereocenters. The summed E-state index contributed by atoms with van der Waals surface area (Å²) in [7, 11) is 0. The maximum absolute atomic E-state index is 12.6. The zero-order valence-corrected chi connectivity index (χ0v) is 30.5. The van der Waals surface area contributed by atoms with Crippen molar-refractivity contribution >= 4 is 82.3 Å². The van der Waals surface area contributed by atoms with Crippen molar-refractivity contribution in [3.05, 3.63) is 110 Å². The molecular weight excluding hydrogens is 772 g/mol. The lowest BCUT2D eigenvalue weighted by molar-refractivity contribution is 0.0769. The predicted molar refractivity (Wildman–Crippen MR) is 188 cm³/mol. The number of benzene rings is 2. The number of fused-ring (bicyclic) bond motifs is 2. The highest BCUT2D eigenvalue weighted by Crippen LogP contribution is 2.46. The van der Waals surface area contributed by atoms with E-state index in [2.05, 4.69) is 109 Å². The second-order valence-corrected chi connectivity index (χ2v) is 16.2. The Morgan fingerprint density at radius 1 is 0.791 bits per heavy atom. The van der Waals surface area contributed by atoms with Crippen molar-refractivity contribution in [3.63, 3.8) is 0 Å². The molecule has 2 saturated carbocycles. The Kier molecular flexibility index (Phi) is 9.65. The zero-order chi connectivity index (χ0) is 30.2. The van der Waals surface area contributed by atoms with E-state index in [0.717, 1.165) is 49.0 Å². The molecule has 2 aromatic carbocycles. The summed E-state index contributed by atoms with van der Waals surface area (Å²) in [5.74, 6) is 1.87. The number of carbonyl (C=O) groups is 2. The Morgan fingerprint density at radius 2 is 1.35 bits per heavy atom. The number of halogens is 3. The van der Waals surface area contributed by atoms with Crippen LogP contribution in [0.5, 0.6) is 0 Å². The van der Waals surface area contributed by atoms with Gasteiger partial charge in [-0.3, -0.25) is 9.59 Å². The summed E-state index contributed by atoms with van der Waals surface area (Å²) in [6.45, 7) is 6.44. The summed E-state index contributed by atoms with van der Waals surface area (Å²) in [4.78, 5) is 30.5. The van der Waals surface area contributed by atoms with Crippen LogP contribution in [0.4, 0.5) is 0 Å². The quantitative estimate of drug-likeness (QED) is 0.204. The maximum atomic E-state index is 12.6. The van der Waals surface area contributed by atoms with Crippen molar-refractivity contribution < 1.29 is 9.59 Å². The standard InChI is InChI=1S/C17H16BrNOS.C9H9NOS.C8H8Br2/c1-10-6-14(18)5-4-12(10)8-19-9-13-7-15(11-2-3-11)21-16(13)17(19)20;11-9-8-6(4-10-9)3-7(12-8)5-1-2-5;1-6-4-8(10)3-2-7(6)5-9/h4-7,11H,2-3,8-9H2,1H3;3,5H,1-2,4H2,(H,10,11);2-4H,5H2,1H3. The topological polar surface area (TPSA) is 49.4 Å². The number of nitrogens with one attached hydrogen (secondary N) is 1. The number of hydrogen-bond acceptors (Lipinski definition) is 4. The van der Waals surface area contributed by atoms with Crippen LogP contribution >= 0.6 is 70.5 Å². The third kappa shape index (κ3) is 7.38. The van der Waals surface area contributed by atoms with E-state index in [9.17, 15) is 9.59 Å². The van der Waals surface area contributed by atoms with Gasteiger partial charge in [-0.1, -0.05) is 59.9 Å². The van der Waals surface area contributed by atoms with Crippen molar-refractivity contribution in [2.75, 3.05) is 0 Å². The van der Waals surface area contributed by atoms with Crippen molar-refractivity contribution in [1.29, 1.82) is 0 Å². The second-order valence-electron chi connectivity index (χ2n) is 11.7. The fraction of sp³-hybridized carbons (Fsp3) is 0.353. The van der Waals surface area contributed by atoms with Gasteiger partial charge in [0.05, 0.1) is 9.75 Å². The van der Waals surface area contributed by atoms with Crippen LogP contribution in [0.2, 0.25) is 0 Å². The van der Waals surface area contributed by atoms with Gasteiger partial charge in [0.25, 0.3) is 11.8 Å². The van der Waals surface area contributed by atoms with Gasteiger partial charge in [-0.2, -0.15) is 0 Å². The minimum Gasteiger partial charge on any atom is -0.347 e. The fourth-order valence-electron chi connectivity index (χ4n) is 5.32. The number of hydrogen-bond donors (Lipinski definition) is 1. The molecule has 0 bridgehead atoms. The molecule has 2 aliphatic heterocycles. The first-order valence-corrected chi connectivity index (χ1v) is 18.9. The molecule has 0 radical (unpaired) electrons. The molecule has 0 atom stereocenters. The van der Waals surface area contributed by atoms with Crippen LogP contribution in [-0.2, 0) is 25.0 Å². The van der Waals surface area contributed by atoms with E-state index in [1.165, 1.54) is 68.8 Å². The molecule has 4 nitrogen and oxygen atoms in total. The molecule has 9 heteroatoms. The summed E-state index contributed by atoms with van der Waals surface area (Å²) in [5, 5.41) is 3.76. The summed E-state index contributed by atoms with van der Waals surface area (Å²) in [5.41, 5.74) is 7.58. The van der Waals surface area contributed by atoms with Gasteiger partial charge in [-0.15, -0.1) is 22.7 Å². The first-order valence-electron chi connectivity index (χ1n) is 14.6. The Morgan fingerprint density at radius 3 is 1.86 bits per heavy atom. The molecule has 2 aromatic heterocycles. The highest BCUT2D eigenvalue weighted by atomic mass is 79.9. The second kappa shape index (κ2) is 13.3. The molecule has 1 N–H and O–H groups in total. The van der Waals surface area contributed by atoms with Crippen molar-refractivity contribution in [2.24, 2.45) is 0 Å². The van der Waals surface area contributed by atoms with Crippen LogP contribution in [0, 0.1) is 13.8 Å². The minimum absolute atomic E-state index is 0.127. The van der Waals surface area contributed by atoms with Crippen LogP contribution in [0.3, 0.4) is 0 Å². The van der Waals surface area contributed by atoms with E-state index in [0.29, 0.717) is 6.54 Å². The van der Waals surface area contributed by atoms with Crippen LogP contribution in [0.1, 0.15) is 100.0 Å². The van der Waals surface area contributed by atoms with Crippen molar-refractivity contribution in [1.82, 2.24) is 10.2 Å². The number of aryl methyl sites for hydroxylation is 2. The van der Waals surface area contributed by atoms with Crippen LogP contribution in [-0.4, -0.2) is 16.7 Å².